The standard InChI is InChI=1S/C32H41N7O3.ClH/c1-23-34-30-27(22-25-13-6-3-7-14-25)35-31(41)28-15-8-9-18-38(28)29(40)16-10-17-37(19-20-39(30)36-23)32(42)26(33)21-24-11-4-2-5-12-24;/h2-7,11-14,26-28H,8-10,15-22,33H2,1H3,(H,35,41);1H/t26-,27-,28+;/m1./s1. The minimum absolute atomic E-state index is 0. The molecule has 2 aromatic carbocycles. The number of aromatic nitrogens is 3. The van der Waals surface area contributed by atoms with Gasteiger partial charge in [0.05, 0.1) is 18.6 Å². The third-order valence-corrected chi connectivity index (χ3v) is 8.17. The minimum Gasteiger partial charge on any atom is -0.344 e. The van der Waals surface area contributed by atoms with Gasteiger partial charge in [0, 0.05) is 26.1 Å². The van der Waals surface area contributed by atoms with E-state index < -0.39 is 18.1 Å². The van der Waals surface area contributed by atoms with Gasteiger partial charge >= 0.3 is 0 Å². The quantitative estimate of drug-likeness (QED) is 0.459. The predicted molar refractivity (Wildman–Crippen MR) is 166 cm³/mol. The summed E-state index contributed by atoms with van der Waals surface area (Å²) in [7, 11) is 0. The summed E-state index contributed by atoms with van der Waals surface area (Å²) in [6.07, 6.45) is 4.10. The Bertz CT molecular complexity index is 1370. The maximum atomic E-state index is 13.7. The van der Waals surface area contributed by atoms with E-state index in [0.29, 0.717) is 63.5 Å². The summed E-state index contributed by atoms with van der Waals surface area (Å²) in [5.41, 5.74) is 8.48. The van der Waals surface area contributed by atoms with E-state index in [4.69, 9.17) is 10.7 Å². The van der Waals surface area contributed by atoms with Crippen LogP contribution < -0.4 is 11.1 Å². The van der Waals surface area contributed by atoms with E-state index >= 15 is 0 Å². The number of piperidine rings is 1. The zero-order chi connectivity index (χ0) is 29.5. The van der Waals surface area contributed by atoms with Crippen molar-refractivity contribution in [3.63, 3.8) is 0 Å². The van der Waals surface area contributed by atoms with Crippen molar-refractivity contribution in [3.8, 4) is 0 Å². The van der Waals surface area contributed by atoms with Gasteiger partial charge in [0.2, 0.25) is 17.7 Å². The van der Waals surface area contributed by atoms with Crippen LogP contribution in [-0.2, 0) is 33.8 Å². The summed E-state index contributed by atoms with van der Waals surface area (Å²) in [6.45, 7) is 3.54. The Labute approximate surface area is 259 Å². The van der Waals surface area contributed by atoms with Gasteiger partial charge in [-0.1, -0.05) is 60.7 Å². The molecule has 3 amide bonds. The Hall–Kier alpha value is -3.76. The van der Waals surface area contributed by atoms with Gasteiger partial charge in [0.1, 0.15) is 17.7 Å². The highest BCUT2D eigenvalue weighted by molar-refractivity contribution is 5.88. The molecule has 0 radical (unpaired) electrons. The molecule has 43 heavy (non-hydrogen) atoms. The fourth-order valence-electron chi connectivity index (χ4n) is 6.02. The molecule has 0 bridgehead atoms. The number of hydrogen-bond donors (Lipinski definition) is 2. The van der Waals surface area contributed by atoms with Crippen LogP contribution in [0.5, 0.6) is 0 Å². The lowest BCUT2D eigenvalue weighted by Crippen LogP contribution is -2.53. The van der Waals surface area contributed by atoms with E-state index in [1.54, 1.807) is 9.80 Å². The van der Waals surface area contributed by atoms with Crippen molar-refractivity contribution in [2.75, 3.05) is 19.6 Å². The highest BCUT2D eigenvalue weighted by atomic mass is 35.5. The molecule has 11 heteroatoms. The second kappa shape index (κ2) is 15.1. The van der Waals surface area contributed by atoms with Crippen molar-refractivity contribution in [1.29, 1.82) is 0 Å². The fraction of sp³-hybridized carbons (Fsp3) is 0.469. The van der Waals surface area contributed by atoms with Gasteiger partial charge in [-0.3, -0.25) is 14.4 Å². The van der Waals surface area contributed by atoms with E-state index in [1.807, 2.05) is 72.3 Å². The zero-order valence-corrected chi connectivity index (χ0v) is 25.5. The lowest BCUT2D eigenvalue weighted by molar-refractivity contribution is -0.143. The third kappa shape index (κ3) is 8.20. The van der Waals surface area contributed by atoms with Crippen molar-refractivity contribution in [1.82, 2.24) is 29.9 Å². The van der Waals surface area contributed by atoms with Gasteiger partial charge in [-0.2, -0.15) is 5.10 Å². The Morgan fingerprint density at radius 2 is 1.65 bits per heavy atom. The summed E-state index contributed by atoms with van der Waals surface area (Å²) >= 11 is 0. The predicted octanol–water partition coefficient (Wildman–Crippen LogP) is 2.98. The summed E-state index contributed by atoms with van der Waals surface area (Å²) in [6, 6.07) is 18.0. The van der Waals surface area contributed by atoms with Crippen molar-refractivity contribution in [2.24, 2.45) is 5.73 Å². The molecule has 0 unspecified atom stereocenters. The molecule has 0 aliphatic carbocycles. The number of carbonyl (C=O) groups excluding carboxylic acids is 3. The molecule has 2 aliphatic heterocycles. The Kier molecular flexibility index (Phi) is 11.3. The van der Waals surface area contributed by atoms with Crippen molar-refractivity contribution >= 4 is 30.1 Å². The number of halogens is 1. The first-order chi connectivity index (χ1) is 20.4. The second-order valence-corrected chi connectivity index (χ2v) is 11.3. The van der Waals surface area contributed by atoms with Gasteiger partial charge in [-0.25, -0.2) is 9.67 Å². The largest absolute Gasteiger partial charge is 0.344 e. The number of benzene rings is 2. The van der Waals surface area contributed by atoms with E-state index in [-0.39, 0.29) is 36.5 Å². The molecule has 0 saturated carbocycles. The van der Waals surface area contributed by atoms with Crippen molar-refractivity contribution in [2.45, 2.75) is 76.5 Å². The Morgan fingerprint density at radius 3 is 2.37 bits per heavy atom. The molecule has 230 valence electrons. The molecule has 1 saturated heterocycles. The average Bonchev–Trinajstić information content (AvgIpc) is 3.38. The number of rotatable bonds is 5. The summed E-state index contributed by atoms with van der Waals surface area (Å²) in [5, 5.41) is 7.89. The zero-order valence-electron chi connectivity index (χ0n) is 24.7. The molecule has 3 atom stereocenters. The Morgan fingerprint density at radius 1 is 0.953 bits per heavy atom. The number of carbonyl (C=O) groups is 3. The molecule has 2 aliphatic rings. The Balaban J connectivity index is 0.00000423. The maximum Gasteiger partial charge on any atom is 0.243 e. The van der Waals surface area contributed by atoms with E-state index in [9.17, 15) is 14.4 Å². The number of aryl methyl sites for hydroxylation is 1. The van der Waals surface area contributed by atoms with Crippen LogP contribution in [0.25, 0.3) is 0 Å². The first-order valence-corrected chi connectivity index (χ1v) is 15.0. The van der Waals surface area contributed by atoms with E-state index in [2.05, 4.69) is 10.4 Å². The number of nitrogens with zero attached hydrogens (tertiary/aromatic N) is 5. The third-order valence-electron chi connectivity index (χ3n) is 8.17. The monoisotopic (exact) mass is 607 g/mol. The normalized spacial score (nSPS) is 20.6. The van der Waals surface area contributed by atoms with Crippen molar-refractivity contribution < 1.29 is 14.4 Å². The maximum absolute atomic E-state index is 13.7. The molecule has 1 aromatic heterocycles. The molecule has 0 spiro atoms. The lowest BCUT2D eigenvalue weighted by atomic mass is 9.99. The van der Waals surface area contributed by atoms with Crippen LogP contribution >= 0.6 is 12.4 Å². The lowest BCUT2D eigenvalue weighted by Gasteiger charge is -2.36. The molecule has 3 N–H and O–H groups in total. The smallest absolute Gasteiger partial charge is 0.243 e. The first kappa shape index (κ1) is 32.2. The number of fused-ring (bicyclic) bond motifs is 2. The number of nitrogens with one attached hydrogen (secondary N) is 1. The highest BCUT2D eigenvalue weighted by Gasteiger charge is 2.34. The van der Waals surface area contributed by atoms with Crippen LogP contribution in [0.4, 0.5) is 0 Å². The van der Waals surface area contributed by atoms with E-state index in [0.717, 1.165) is 24.0 Å². The van der Waals surface area contributed by atoms with Crippen LogP contribution in [0.2, 0.25) is 0 Å². The summed E-state index contributed by atoms with van der Waals surface area (Å²) in [4.78, 5) is 48.9. The SMILES string of the molecule is Cc1nc2n(n1)CCN(C(=O)[C@H](N)Cc1ccccc1)CCCC(=O)N1CCCC[C@H]1C(=O)N[C@@H]2Cc1ccccc1.Cl. The molecule has 1 fully saturated rings. The number of amides is 3. The molecule has 3 heterocycles. The minimum atomic E-state index is -0.699. The van der Waals surface area contributed by atoms with Gasteiger partial charge in [-0.05, 0) is 56.6 Å². The van der Waals surface area contributed by atoms with E-state index in [1.165, 1.54) is 0 Å². The van der Waals surface area contributed by atoms with Gasteiger partial charge in [0.25, 0.3) is 0 Å². The average molecular weight is 608 g/mol. The molecular formula is C32H42ClN7O3. The van der Waals surface area contributed by atoms with Crippen LogP contribution in [0.15, 0.2) is 60.7 Å². The van der Waals surface area contributed by atoms with Crippen LogP contribution in [0, 0.1) is 6.92 Å². The number of hydrogen-bond acceptors (Lipinski definition) is 6. The molecular weight excluding hydrogens is 566 g/mol. The first-order valence-electron chi connectivity index (χ1n) is 15.0. The molecule has 5 rings (SSSR count). The van der Waals surface area contributed by atoms with Gasteiger partial charge in [0.15, 0.2) is 0 Å². The second-order valence-electron chi connectivity index (χ2n) is 11.3. The van der Waals surface area contributed by atoms with Crippen molar-refractivity contribution in [3.05, 3.63) is 83.4 Å². The van der Waals surface area contributed by atoms with Gasteiger partial charge in [-0.15, -0.1) is 12.4 Å². The summed E-state index contributed by atoms with van der Waals surface area (Å²) < 4.78 is 1.81. The van der Waals surface area contributed by atoms with Crippen LogP contribution in [0.3, 0.4) is 0 Å². The summed E-state index contributed by atoms with van der Waals surface area (Å²) in [5.74, 6) is 0.872. The number of nitrogens with two attached hydrogens (primary N) is 1. The topological polar surface area (TPSA) is 126 Å². The highest BCUT2D eigenvalue weighted by Crippen LogP contribution is 2.23. The molecule has 10 nitrogen and oxygen atoms in total. The van der Waals surface area contributed by atoms with Gasteiger partial charge < -0.3 is 20.9 Å². The fourth-order valence-corrected chi connectivity index (χ4v) is 6.02. The molecule has 3 aromatic rings. The van der Waals surface area contributed by atoms with Crippen LogP contribution in [0.1, 0.15) is 60.9 Å². The van der Waals surface area contributed by atoms with Crippen LogP contribution in [-0.4, -0.2) is 74.0 Å².